The SMILES string of the molecule is C[C@@H](O)[C@H]1C(=O)N2C(C(=O)[O-])=C(c3cccc4c3oc3cc(O)ccc34)C[C@H]12.[K+]. The zero-order valence-corrected chi connectivity index (χ0v) is 19.0. The molecular weight excluding hydrogens is 401 g/mol. The molecule has 8 heteroatoms. The van der Waals surface area contributed by atoms with E-state index in [1.54, 1.807) is 24.3 Å². The van der Waals surface area contributed by atoms with Gasteiger partial charge in [-0.15, -0.1) is 0 Å². The third-order valence-corrected chi connectivity index (χ3v) is 5.73. The summed E-state index contributed by atoms with van der Waals surface area (Å²) in [5, 5.41) is 33.0. The van der Waals surface area contributed by atoms with Crippen molar-refractivity contribution in [2.24, 2.45) is 5.92 Å². The maximum Gasteiger partial charge on any atom is 1.00 e. The molecule has 1 amide bonds. The average molecular weight is 417 g/mol. The van der Waals surface area contributed by atoms with Gasteiger partial charge in [-0.1, -0.05) is 18.2 Å². The number of β-lactam (4-membered cyclic amide) rings is 1. The molecule has 0 saturated carbocycles. The zero-order chi connectivity index (χ0) is 19.7. The summed E-state index contributed by atoms with van der Waals surface area (Å²) in [5.74, 6) is -2.40. The van der Waals surface area contributed by atoms with E-state index >= 15 is 0 Å². The molecule has 2 aliphatic heterocycles. The number of carboxylic acid groups (broad SMARTS) is 1. The van der Waals surface area contributed by atoms with Crippen LogP contribution in [0.25, 0.3) is 27.5 Å². The van der Waals surface area contributed by atoms with E-state index in [1.807, 2.05) is 6.07 Å². The smallest absolute Gasteiger partial charge is 0.543 e. The molecule has 0 bridgehead atoms. The molecule has 142 valence electrons. The molecule has 3 atom stereocenters. The third-order valence-electron chi connectivity index (χ3n) is 5.73. The largest absolute Gasteiger partial charge is 1.00 e. The Hall–Kier alpha value is -1.68. The molecular formula is C21H16KNO6. The Kier molecular flexibility index (Phi) is 5.13. The number of amides is 1. The topological polar surface area (TPSA) is 114 Å². The second-order valence-electron chi connectivity index (χ2n) is 7.33. The first kappa shape index (κ1) is 20.6. The van der Waals surface area contributed by atoms with Gasteiger partial charge in [-0.3, -0.25) is 4.79 Å². The van der Waals surface area contributed by atoms with Crippen LogP contribution in [0, 0.1) is 5.92 Å². The third kappa shape index (κ3) is 2.89. The number of carboxylic acids is 1. The summed E-state index contributed by atoms with van der Waals surface area (Å²) in [5.41, 5.74) is 1.83. The molecule has 1 fully saturated rings. The summed E-state index contributed by atoms with van der Waals surface area (Å²) in [7, 11) is 0. The van der Waals surface area contributed by atoms with Crippen LogP contribution in [0.1, 0.15) is 18.9 Å². The van der Waals surface area contributed by atoms with Crippen LogP contribution >= 0.6 is 0 Å². The fourth-order valence-electron chi connectivity index (χ4n) is 4.52. The monoisotopic (exact) mass is 417 g/mol. The maximum absolute atomic E-state index is 12.4. The van der Waals surface area contributed by atoms with Crippen molar-refractivity contribution in [3.05, 3.63) is 47.7 Å². The minimum absolute atomic E-state index is 0. The fraction of sp³-hybridized carbons (Fsp3) is 0.238. The van der Waals surface area contributed by atoms with Crippen molar-refractivity contribution >= 4 is 39.4 Å². The molecule has 0 unspecified atom stereocenters. The van der Waals surface area contributed by atoms with Gasteiger partial charge in [0.1, 0.15) is 16.9 Å². The Bertz CT molecular complexity index is 1210. The van der Waals surface area contributed by atoms with Gasteiger partial charge in [-0.2, -0.15) is 0 Å². The van der Waals surface area contributed by atoms with Gasteiger partial charge in [0, 0.05) is 22.4 Å². The van der Waals surface area contributed by atoms with Crippen LogP contribution in [0.2, 0.25) is 0 Å². The Morgan fingerprint density at radius 1 is 1.28 bits per heavy atom. The number of furan rings is 1. The summed E-state index contributed by atoms with van der Waals surface area (Å²) in [6.45, 7) is 1.53. The number of phenols is 1. The number of aromatic hydroxyl groups is 1. The van der Waals surface area contributed by atoms with Crippen molar-refractivity contribution in [1.29, 1.82) is 0 Å². The van der Waals surface area contributed by atoms with Crippen molar-refractivity contribution in [2.75, 3.05) is 0 Å². The Balaban J connectivity index is 0.00000205. The number of aliphatic hydroxyl groups excluding tert-OH is 1. The van der Waals surface area contributed by atoms with Gasteiger partial charge in [0.05, 0.1) is 29.7 Å². The second-order valence-corrected chi connectivity index (χ2v) is 7.33. The normalized spacial score (nSPS) is 21.9. The molecule has 0 aliphatic carbocycles. The van der Waals surface area contributed by atoms with Crippen LogP contribution < -0.4 is 56.5 Å². The van der Waals surface area contributed by atoms with Gasteiger partial charge < -0.3 is 29.4 Å². The van der Waals surface area contributed by atoms with Crippen LogP contribution in [0.5, 0.6) is 5.75 Å². The second kappa shape index (κ2) is 7.23. The molecule has 7 nitrogen and oxygen atoms in total. The van der Waals surface area contributed by atoms with Gasteiger partial charge >= 0.3 is 51.4 Å². The van der Waals surface area contributed by atoms with Crippen LogP contribution in [-0.4, -0.2) is 39.1 Å². The summed E-state index contributed by atoms with van der Waals surface area (Å²) in [4.78, 5) is 25.5. The maximum atomic E-state index is 12.4. The molecule has 3 aromatic rings. The van der Waals surface area contributed by atoms with Gasteiger partial charge in [-0.25, -0.2) is 0 Å². The zero-order valence-electron chi connectivity index (χ0n) is 15.9. The van der Waals surface area contributed by atoms with Gasteiger partial charge in [-0.05, 0) is 31.1 Å². The summed E-state index contributed by atoms with van der Waals surface area (Å²) in [6.07, 6.45) is -0.562. The number of hydrogen-bond acceptors (Lipinski definition) is 6. The molecule has 1 aromatic heterocycles. The van der Waals surface area contributed by atoms with E-state index in [4.69, 9.17) is 4.42 Å². The minimum Gasteiger partial charge on any atom is -0.543 e. The van der Waals surface area contributed by atoms with Crippen LogP contribution in [-0.2, 0) is 9.59 Å². The number of hydrogen-bond donors (Lipinski definition) is 2. The standard InChI is InChI=1S/C21H17NO6.K/c1-9(23)17-15-8-14(18(21(26)27)22(15)20(17)25)13-4-2-3-12-11-6-5-10(24)7-16(11)28-19(12)13;/h2-7,9,15,17,23-24H,8H2,1H3,(H,26,27);/q;+1/p-1/t9-,15-,17-;/m1./s1. The molecule has 2 aliphatic rings. The number of aliphatic hydroxyl groups is 1. The van der Waals surface area contributed by atoms with Crippen LogP contribution in [0.15, 0.2) is 46.5 Å². The molecule has 0 radical (unpaired) electrons. The van der Waals surface area contributed by atoms with E-state index in [2.05, 4.69) is 0 Å². The van der Waals surface area contributed by atoms with E-state index in [0.717, 1.165) is 10.8 Å². The van der Waals surface area contributed by atoms with E-state index in [9.17, 15) is 24.9 Å². The van der Waals surface area contributed by atoms with Gasteiger partial charge in [0.2, 0.25) is 5.91 Å². The first-order valence-electron chi connectivity index (χ1n) is 8.98. The Labute approximate surface area is 208 Å². The predicted octanol–water partition coefficient (Wildman–Crippen LogP) is -1.63. The number of aliphatic carboxylic acids is 1. The summed E-state index contributed by atoms with van der Waals surface area (Å²) in [6, 6.07) is 9.79. The number of carbonyl (C=O) groups is 2. The fourth-order valence-corrected chi connectivity index (χ4v) is 4.52. The van der Waals surface area contributed by atoms with Crippen molar-refractivity contribution in [3.63, 3.8) is 0 Å². The van der Waals surface area contributed by atoms with Crippen molar-refractivity contribution in [1.82, 2.24) is 4.90 Å². The molecule has 2 aromatic carbocycles. The molecule has 29 heavy (non-hydrogen) atoms. The van der Waals surface area contributed by atoms with E-state index in [0.29, 0.717) is 28.7 Å². The number of carbonyl (C=O) groups excluding carboxylic acids is 2. The first-order chi connectivity index (χ1) is 13.4. The van der Waals surface area contributed by atoms with Crippen LogP contribution in [0.3, 0.4) is 0 Å². The minimum atomic E-state index is -1.43. The van der Waals surface area contributed by atoms with Crippen molar-refractivity contribution in [2.45, 2.75) is 25.5 Å². The number of rotatable bonds is 3. The number of nitrogens with zero attached hydrogens (tertiary/aromatic N) is 1. The van der Waals surface area contributed by atoms with Gasteiger partial charge in [0.15, 0.2) is 0 Å². The molecule has 1 saturated heterocycles. The number of benzene rings is 2. The number of fused-ring (bicyclic) bond motifs is 4. The molecule has 0 spiro atoms. The summed E-state index contributed by atoms with van der Waals surface area (Å²) >= 11 is 0. The average Bonchev–Trinajstić information content (AvgIpc) is 3.16. The van der Waals surface area contributed by atoms with Crippen molar-refractivity contribution in [3.8, 4) is 5.75 Å². The number of phenolic OH excluding ortho intramolecular Hbond substituents is 1. The van der Waals surface area contributed by atoms with E-state index < -0.39 is 29.9 Å². The number of para-hydroxylation sites is 1. The Morgan fingerprint density at radius 3 is 2.72 bits per heavy atom. The quantitative estimate of drug-likeness (QED) is 0.391. The predicted molar refractivity (Wildman–Crippen MR) is 97.7 cm³/mol. The molecule has 5 rings (SSSR count). The first-order valence-corrected chi connectivity index (χ1v) is 8.98. The molecule has 2 N–H and O–H groups in total. The summed E-state index contributed by atoms with van der Waals surface area (Å²) < 4.78 is 5.94. The van der Waals surface area contributed by atoms with Gasteiger partial charge in [0.25, 0.3) is 0 Å². The molecule has 3 heterocycles. The Morgan fingerprint density at radius 2 is 2.03 bits per heavy atom. The van der Waals surface area contributed by atoms with Crippen LogP contribution in [0.4, 0.5) is 0 Å². The van der Waals surface area contributed by atoms with E-state index in [1.165, 1.54) is 17.9 Å². The van der Waals surface area contributed by atoms with Crippen molar-refractivity contribution < 1.29 is 80.7 Å². The van der Waals surface area contributed by atoms with E-state index in [-0.39, 0.29) is 62.8 Å².